The SMILES string of the molecule is CCC[C@H](NC(=O)[C@@H]1C[C@@]2(CC(N3Cc4ccccc4C3)=NO2)CN1C(=O)[C@@H](NC(=O)OC1CCCC1)C(C)(C)C)C(=O)C(=O)NC1CC1. The number of fused-ring (bicyclic) bond motifs is 1. The minimum Gasteiger partial charge on any atom is -0.446 e. The third kappa shape index (κ3) is 7.86. The summed E-state index contributed by atoms with van der Waals surface area (Å²) >= 11 is 0. The van der Waals surface area contributed by atoms with E-state index in [-0.39, 0.29) is 31.5 Å². The number of ether oxygens (including phenoxy) is 1. The Hall–Kier alpha value is -4.16. The number of nitrogens with zero attached hydrogens (tertiary/aromatic N) is 3. The van der Waals surface area contributed by atoms with Crippen LogP contribution < -0.4 is 16.0 Å². The summed E-state index contributed by atoms with van der Waals surface area (Å²) in [6.45, 7) is 8.83. The van der Waals surface area contributed by atoms with Crippen LogP contribution in [0.3, 0.4) is 0 Å². The normalized spacial score (nSPS) is 24.6. The second kappa shape index (κ2) is 14.0. The van der Waals surface area contributed by atoms with E-state index in [1.807, 2.05) is 39.8 Å². The molecule has 0 aromatic heterocycles. The Labute approximate surface area is 287 Å². The molecule has 1 aromatic rings. The van der Waals surface area contributed by atoms with Gasteiger partial charge in [0.1, 0.15) is 24.0 Å². The maximum atomic E-state index is 14.5. The van der Waals surface area contributed by atoms with Gasteiger partial charge in [-0.1, -0.05) is 63.5 Å². The molecule has 3 heterocycles. The average molecular weight is 679 g/mol. The highest BCUT2D eigenvalue weighted by molar-refractivity contribution is 6.38. The first-order chi connectivity index (χ1) is 23.4. The van der Waals surface area contributed by atoms with Gasteiger partial charge in [0, 0.05) is 25.6 Å². The Kier molecular flexibility index (Phi) is 9.90. The second-order valence-corrected chi connectivity index (χ2v) is 15.5. The van der Waals surface area contributed by atoms with E-state index in [0.717, 1.165) is 44.4 Å². The van der Waals surface area contributed by atoms with E-state index in [1.54, 1.807) is 0 Å². The summed E-state index contributed by atoms with van der Waals surface area (Å²) < 4.78 is 5.65. The lowest BCUT2D eigenvalue weighted by Gasteiger charge is -2.35. The fourth-order valence-electron chi connectivity index (χ4n) is 7.39. The molecule has 266 valence electrons. The first kappa shape index (κ1) is 34.7. The maximum absolute atomic E-state index is 14.5. The van der Waals surface area contributed by atoms with Gasteiger partial charge in [0.05, 0.1) is 19.0 Å². The van der Waals surface area contributed by atoms with E-state index in [2.05, 4.69) is 38.1 Å². The van der Waals surface area contributed by atoms with E-state index in [1.165, 1.54) is 16.0 Å². The van der Waals surface area contributed by atoms with Crippen molar-refractivity contribution in [3.05, 3.63) is 35.4 Å². The van der Waals surface area contributed by atoms with Crippen molar-refractivity contribution in [2.45, 2.75) is 141 Å². The summed E-state index contributed by atoms with van der Waals surface area (Å²) in [5, 5.41) is 12.8. The molecule has 0 unspecified atom stereocenters. The minimum absolute atomic E-state index is 0.00321. The van der Waals surface area contributed by atoms with Gasteiger partial charge in [-0.25, -0.2) is 4.79 Å². The number of benzene rings is 1. The predicted octanol–water partition coefficient (Wildman–Crippen LogP) is 3.29. The van der Waals surface area contributed by atoms with Crippen molar-refractivity contribution in [1.82, 2.24) is 25.8 Å². The number of hydrogen-bond acceptors (Lipinski definition) is 9. The van der Waals surface area contributed by atoms with Crippen LogP contribution in [-0.2, 0) is 41.8 Å². The molecule has 1 aromatic carbocycles. The number of hydrogen-bond donors (Lipinski definition) is 3. The van der Waals surface area contributed by atoms with Crippen LogP contribution in [0.5, 0.6) is 0 Å². The van der Waals surface area contributed by atoms with Crippen molar-refractivity contribution in [3.8, 4) is 0 Å². The van der Waals surface area contributed by atoms with E-state index in [0.29, 0.717) is 25.9 Å². The van der Waals surface area contributed by atoms with Gasteiger partial charge in [0.2, 0.25) is 17.6 Å². The van der Waals surface area contributed by atoms with Gasteiger partial charge >= 0.3 is 6.09 Å². The zero-order chi connectivity index (χ0) is 34.9. The summed E-state index contributed by atoms with van der Waals surface area (Å²) in [4.78, 5) is 77.3. The maximum Gasteiger partial charge on any atom is 0.408 e. The third-order valence-electron chi connectivity index (χ3n) is 10.3. The summed E-state index contributed by atoms with van der Waals surface area (Å²) in [5.74, 6) is -1.68. The van der Waals surface area contributed by atoms with Gasteiger partial charge in [-0.3, -0.25) is 19.2 Å². The molecule has 49 heavy (non-hydrogen) atoms. The average Bonchev–Trinajstić information content (AvgIpc) is 3.46. The van der Waals surface area contributed by atoms with Crippen LogP contribution in [0, 0.1) is 5.41 Å². The number of amidine groups is 1. The van der Waals surface area contributed by atoms with Gasteiger partial charge in [-0.05, 0) is 61.5 Å². The highest BCUT2D eigenvalue weighted by Gasteiger charge is 2.56. The zero-order valence-electron chi connectivity index (χ0n) is 29.1. The van der Waals surface area contributed by atoms with Gasteiger partial charge in [-0.2, -0.15) is 0 Å². The number of alkyl carbamates (subject to hydrolysis) is 1. The van der Waals surface area contributed by atoms with Gasteiger partial charge in [0.15, 0.2) is 5.60 Å². The van der Waals surface area contributed by atoms with Crippen molar-refractivity contribution in [2.24, 2.45) is 10.6 Å². The first-order valence-corrected chi connectivity index (χ1v) is 17.9. The summed E-state index contributed by atoms with van der Waals surface area (Å²) in [6, 6.07) is 5.11. The molecule has 3 aliphatic heterocycles. The van der Waals surface area contributed by atoms with Crippen molar-refractivity contribution in [3.63, 3.8) is 0 Å². The van der Waals surface area contributed by atoms with E-state index < -0.39 is 58.7 Å². The lowest BCUT2D eigenvalue weighted by molar-refractivity contribution is -0.144. The van der Waals surface area contributed by atoms with Gasteiger partial charge in [-0.15, -0.1) is 0 Å². The number of carbonyl (C=O) groups is 5. The number of oxime groups is 1. The van der Waals surface area contributed by atoms with Crippen molar-refractivity contribution in [2.75, 3.05) is 6.54 Å². The Morgan fingerprint density at radius 1 is 1.02 bits per heavy atom. The Bertz CT molecular complexity index is 1470. The molecule has 1 saturated heterocycles. The Balaban J connectivity index is 1.22. The molecule has 2 saturated carbocycles. The number of likely N-dealkylation sites (tertiary alicyclic amines) is 1. The second-order valence-electron chi connectivity index (χ2n) is 15.5. The van der Waals surface area contributed by atoms with Crippen LogP contribution in [0.2, 0.25) is 0 Å². The van der Waals surface area contributed by atoms with Gasteiger partial charge < -0.3 is 35.3 Å². The van der Waals surface area contributed by atoms with Crippen LogP contribution >= 0.6 is 0 Å². The Morgan fingerprint density at radius 3 is 2.31 bits per heavy atom. The largest absolute Gasteiger partial charge is 0.446 e. The highest BCUT2D eigenvalue weighted by Crippen LogP contribution is 2.40. The molecule has 0 radical (unpaired) electrons. The first-order valence-electron chi connectivity index (χ1n) is 17.9. The number of carbonyl (C=O) groups excluding carboxylic acids is 5. The number of rotatable bonds is 10. The predicted molar refractivity (Wildman–Crippen MR) is 180 cm³/mol. The van der Waals surface area contributed by atoms with Gasteiger partial charge in [0.25, 0.3) is 5.91 Å². The summed E-state index contributed by atoms with van der Waals surface area (Å²) in [6.07, 6.45) is 5.70. The lowest BCUT2D eigenvalue weighted by Crippen LogP contribution is -2.59. The van der Waals surface area contributed by atoms with Crippen LogP contribution in [0.1, 0.15) is 103 Å². The Morgan fingerprint density at radius 2 is 1.69 bits per heavy atom. The minimum atomic E-state index is -1.04. The molecule has 4 amide bonds. The number of nitrogens with one attached hydrogen (secondary N) is 3. The van der Waals surface area contributed by atoms with Crippen LogP contribution in [-0.4, -0.2) is 87.7 Å². The third-order valence-corrected chi connectivity index (χ3v) is 10.3. The molecule has 6 rings (SSSR count). The molecule has 1 spiro atoms. The fourth-order valence-corrected chi connectivity index (χ4v) is 7.39. The van der Waals surface area contributed by atoms with Crippen molar-refractivity contribution in [1.29, 1.82) is 0 Å². The van der Waals surface area contributed by atoms with Crippen LogP contribution in [0.15, 0.2) is 29.4 Å². The standard InChI is InChI=1S/C36H50N6O7/c1-5-10-26(29(43)32(45)37-24-15-16-24)38-31(44)27-17-36(18-28(40-49-36)41-19-22-11-6-7-12-23(22)20-41)21-42(27)33(46)30(35(2,3)4)39-34(47)48-25-13-8-9-14-25/h6-7,11-12,24-27,30H,5,8-10,13-21H2,1-4H3,(H,37,45)(H,38,44)(H,39,47)/t26-,27-,30+,36+/m0/s1. The number of Topliss-reactive ketones (excluding diaryl/α,β-unsaturated/α-hetero) is 1. The fraction of sp³-hybridized carbons (Fsp3) is 0.667. The molecule has 4 atom stereocenters. The molecule has 5 aliphatic rings. The molecule has 0 bridgehead atoms. The number of amides is 4. The summed E-state index contributed by atoms with van der Waals surface area (Å²) in [7, 11) is 0. The highest BCUT2D eigenvalue weighted by atomic mass is 16.7. The molecule has 13 nitrogen and oxygen atoms in total. The number of ketones is 1. The van der Waals surface area contributed by atoms with Crippen molar-refractivity contribution < 1.29 is 33.5 Å². The molecular formula is C36H50N6O7. The monoisotopic (exact) mass is 678 g/mol. The summed E-state index contributed by atoms with van der Waals surface area (Å²) in [5.41, 5.74) is 0.714. The molecule has 3 fully saturated rings. The lowest BCUT2D eigenvalue weighted by atomic mass is 9.85. The molecular weight excluding hydrogens is 628 g/mol. The van der Waals surface area contributed by atoms with Crippen molar-refractivity contribution >= 4 is 35.4 Å². The topological polar surface area (TPSA) is 159 Å². The molecule has 3 N–H and O–H groups in total. The van der Waals surface area contributed by atoms with E-state index in [4.69, 9.17) is 9.57 Å². The molecule has 2 aliphatic carbocycles. The van der Waals surface area contributed by atoms with E-state index in [9.17, 15) is 24.0 Å². The van der Waals surface area contributed by atoms with Crippen LogP contribution in [0.4, 0.5) is 4.79 Å². The van der Waals surface area contributed by atoms with Crippen LogP contribution in [0.25, 0.3) is 0 Å². The quantitative estimate of drug-likeness (QED) is 0.318. The molecule has 13 heteroatoms. The zero-order valence-corrected chi connectivity index (χ0v) is 29.1. The smallest absolute Gasteiger partial charge is 0.408 e. The van der Waals surface area contributed by atoms with E-state index >= 15 is 0 Å².